The summed E-state index contributed by atoms with van der Waals surface area (Å²) >= 11 is 2.39. The fourth-order valence-corrected chi connectivity index (χ4v) is 2.86. The molecule has 0 saturated heterocycles. The topological polar surface area (TPSA) is 46.0 Å². The van der Waals surface area contributed by atoms with Gasteiger partial charge >= 0.3 is 0 Å². The highest BCUT2D eigenvalue weighted by Crippen LogP contribution is 2.35. The van der Waals surface area contributed by atoms with Crippen LogP contribution in [-0.4, -0.2) is 14.5 Å². The normalized spacial score (nSPS) is 12.7. The van der Waals surface area contributed by atoms with E-state index >= 15 is 0 Å². The van der Waals surface area contributed by atoms with E-state index in [-0.39, 0.29) is 5.82 Å². The van der Waals surface area contributed by atoms with Crippen LogP contribution in [0.2, 0.25) is 0 Å². The van der Waals surface area contributed by atoms with E-state index in [2.05, 4.69) is 9.36 Å². The summed E-state index contributed by atoms with van der Waals surface area (Å²) in [6.07, 6.45) is 0.724. The summed E-state index contributed by atoms with van der Waals surface area (Å²) in [6, 6.07) is 4.66. The van der Waals surface area contributed by atoms with Gasteiger partial charge in [-0.15, -0.1) is 0 Å². The molecular weight excluding hydrogens is 247 g/mol. The Morgan fingerprint density at radius 3 is 2.94 bits per heavy atom. The standard InChI is InChI=1S/C10H9FN2OS2/c1-6(14)7-3-2-4-8(11)9(7)15-10-12-5-13-16-10/h2-6,14H,1H3. The molecule has 0 fully saturated rings. The van der Waals surface area contributed by atoms with Crippen LogP contribution in [0, 0.1) is 5.82 Å². The van der Waals surface area contributed by atoms with Gasteiger partial charge in [-0.3, -0.25) is 0 Å². The Morgan fingerprint density at radius 2 is 2.31 bits per heavy atom. The lowest BCUT2D eigenvalue weighted by Crippen LogP contribution is -1.96. The van der Waals surface area contributed by atoms with Gasteiger partial charge < -0.3 is 5.11 Å². The van der Waals surface area contributed by atoms with Crippen LogP contribution in [0.1, 0.15) is 18.6 Å². The first-order valence-electron chi connectivity index (χ1n) is 4.59. The summed E-state index contributed by atoms with van der Waals surface area (Å²) in [7, 11) is 0. The predicted octanol–water partition coefficient (Wildman–Crippen LogP) is 2.88. The Hall–Kier alpha value is -0.980. The van der Waals surface area contributed by atoms with Gasteiger partial charge in [-0.2, -0.15) is 4.37 Å². The Morgan fingerprint density at radius 1 is 1.50 bits per heavy atom. The maximum atomic E-state index is 13.6. The zero-order chi connectivity index (χ0) is 11.5. The molecule has 1 N–H and O–H groups in total. The molecule has 0 saturated carbocycles. The molecule has 0 aliphatic heterocycles. The maximum Gasteiger partial charge on any atom is 0.174 e. The van der Waals surface area contributed by atoms with Crippen molar-refractivity contribution >= 4 is 23.3 Å². The average Bonchev–Trinajstić information content (AvgIpc) is 2.73. The van der Waals surface area contributed by atoms with Gasteiger partial charge in [0.05, 0.1) is 11.0 Å². The van der Waals surface area contributed by atoms with Gasteiger partial charge in [0.15, 0.2) is 4.34 Å². The van der Waals surface area contributed by atoms with Crippen LogP contribution in [0.5, 0.6) is 0 Å². The van der Waals surface area contributed by atoms with Gasteiger partial charge in [-0.1, -0.05) is 23.9 Å². The van der Waals surface area contributed by atoms with Crippen molar-refractivity contribution in [3.8, 4) is 0 Å². The number of aliphatic hydroxyl groups excluding tert-OH is 1. The van der Waals surface area contributed by atoms with E-state index in [0.29, 0.717) is 14.8 Å². The van der Waals surface area contributed by atoms with Crippen molar-refractivity contribution in [2.24, 2.45) is 0 Å². The molecule has 0 aliphatic carbocycles. The van der Waals surface area contributed by atoms with E-state index in [0.717, 1.165) is 0 Å². The summed E-state index contributed by atoms with van der Waals surface area (Å²) in [5.41, 5.74) is 0.570. The van der Waals surface area contributed by atoms with Crippen molar-refractivity contribution in [3.63, 3.8) is 0 Å². The second kappa shape index (κ2) is 4.90. The van der Waals surface area contributed by atoms with Crippen LogP contribution in [-0.2, 0) is 0 Å². The SMILES string of the molecule is CC(O)c1cccc(F)c1Sc1ncns1. The Kier molecular flexibility index (Phi) is 3.52. The quantitative estimate of drug-likeness (QED) is 0.917. The van der Waals surface area contributed by atoms with Crippen molar-refractivity contribution in [1.82, 2.24) is 9.36 Å². The average molecular weight is 256 g/mol. The summed E-state index contributed by atoms with van der Waals surface area (Å²) in [5, 5.41) is 9.54. The van der Waals surface area contributed by atoms with Crippen LogP contribution in [0.4, 0.5) is 4.39 Å². The van der Waals surface area contributed by atoms with E-state index < -0.39 is 6.10 Å². The molecule has 1 aromatic carbocycles. The number of hydrogen-bond donors (Lipinski definition) is 1. The lowest BCUT2D eigenvalue weighted by molar-refractivity contribution is 0.195. The van der Waals surface area contributed by atoms with E-state index in [9.17, 15) is 9.50 Å². The summed E-state index contributed by atoms with van der Waals surface area (Å²) in [4.78, 5) is 4.39. The molecule has 1 aromatic heterocycles. The minimum Gasteiger partial charge on any atom is -0.389 e. The second-order valence-corrected chi connectivity index (χ2v) is 5.18. The van der Waals surface area contributed by atoms with E-state index in [1.807, 2.05) is 0 Å². The molecule has 6 heteroatoms. The van der Waals surface area contributed by atoms with E-state index in [4.69, 9.17) is 0 Å². The van der Waals surface area contributed by atoms with Crippen LogP contribution in [0.15, 0.2) is 33.8 Å². The van der Waals surface area contributed by atoms with Crippen LogP contribution >= 0.6 is 23.3 Å². The Bertz CT molecular complexity index is 474. The minimum atomic E-state index is -0.703. The molecule has 1 heterocycles. The third-order valence-corrected chi connectivity index (χ3v) is 3.83. The zero-order valence-corrected chi connectivity index (χ0v) is 10.1. The molecule has 16 heavy (non-hydrogen) atoms. The fourth-order valence-electron chi connectivity index (χ4n) is 1.26. The molecule has 2 rings (SSSR count). The molecule has 84 valence electrons. The van der Waals surface area contributed by atoms with Crippen molar-refractivity contribution in [1.29, 1.82) is 0 Å². The first-order valence-corrected chi connectivity index (χ1v) is 6.18. The number of nitrogens with zero attached hydrogens (tertiary/aromatic N) is 2. The van der Waals surface area contributed by atoms with Gasteiger partial charge in [-0.05, 0) is 30.1 Å². The number of aliphatic hydroxyl groups is 1. The number of aromatic nitrogens is 2. The maximum absolute atomic E-state index is 13.6. The molecule has 0 bridgehead atoms. The second-order valence-electron chi connectivity index (χ2n) is 3.14. The summed E-state index contributed by atoms with van der Waals surface area (Å²) in [5.74, 6) is -0.349. The number of halogens is 1. The Labute approximate surface area is 101 Å². The predicted molar refractivity (Wildman–Crippen MR) is 61.1 cm³/mol. The van der Waals surface area contributed by atoms with Gasteiger partial charge in [0.1, 0.15) is 12.1 Å². The highest BCUT2D eigenvalue weighted by atomic mass is 32.2. The van der Waals surface area contributed by atoms with Crippen molar-refractivity contribution in [3.05, 3.63) is 35.9 Å². The van der Waals surface area contributed by atoms with Gasteiger partial charge in [0, 0.05) is 0 Å². The van der Waals surface area contributed by atoms with Crippen LogP contribution in [0.25, 0.3) is 0 Å². The fraction of sp³-hybridized carbons (Fsp3) is 0.200. The number of rotatable bonds is 3. The van der Waals surface area contributed by atoms with Crippen molar-refractivity contribution < 1.29 is 9.50 Å². The van der Waals surface area contributed by atoms with E-state index in [1.54, 1.807) is 19.1 Å². The third-order valence-electron chi connectivity index (χ3n) is 1.98. The van der Waals surface area contributed by atoms with Crippen molar-refractivity contribution in [2.45, 2.75) is 22.3 Å². The molecule has 2 aromatic rings. The molecule has 1 unspecified atom stereocenters. The highest BCUT2D eigenvalue weighted by Gasteiger charge is 2.14. The Balaban J connectivity index is 2.38. The summed E-state index contributed by atoms with van der Waals surface area (Å²) < 4.78 is 18.1. The zero-order valence-electron chi connectivity index (χ0n) is 8.42. The minimum absolute atomic E-state index is 0.349. The molecule has 1 atom stereocenters. The van der Waals surface area contributed by atoms with Gasteiger partial charge in [0.2, 0.25) is 0 Å². The highest BCUT2D eigenvalue weighted by molar-refractivity contribution is 8.01. The van der Waals surface area contributed by atoms with Crippen LogP contribution in [0.3, 0.4) is 0 Å². The first-order chi connectivity index (χ1) is 7.68. The first kappa shape index (κ1) is 11.5. The molecule has 3 nitrogen and oxygen atoms in total. The van der Waals surface area contributed by atoms with Gasteiger partial charge in [0.25, 0.3) is 0 Å². The number of hydrogen-bond acceptors (Lipinski definition) is 5. The molecular formula is C10H9FN2OS2. The lowest BCUT2D eigenvalue weighted by atomic mass is 10.1. The van der Waals surface area contributed by atoms with E-state index in [1.165, 1.54) is 35.7 Å². The smallest absolute Gasteiger partial charge is 0.174 e. The molecule has 0 amide bonds. The molecule has 0 spiro atoms. The van der Waals surface area contributed by atoms with Crippen molar-refractivity contribution in [2.75, 3.05) is 0 Å². The lowest BCUT2D eigenvalue weighted by Gasteiger charge is -2.10. The molecule has 0 radical (unpaired) electrons. The van der Waals surface area contributed by atoms with Crippen LogP contribution < -0.4 is 0 Å². The third kappa shape index (κ3) is 2.40. The summed E-state index contributed by atoms with van der Waals surface area (Å²) in [6.45, 7) is 1.61. The largest absolute Gasteiger partial charge is 0.389 e. The van der Waals surface area contributed by atoms with Gasteiger partial charge in [-0.25, -0.2) is 9.37 Å². The number of benzene rings is 1. The molecule has 0 aliphatic rings. The monoisotopic (exact) mass is 256 g/mol.